The molecule has 0 unspecified atom stereocenters. The predicted octanol–water partition coefficient (Wildman–Crippen LogP) is 4.71. The molecule has 3 rings (SSSR count). The van der Waals surface area contributed by atoms with Crippen LogP contribution in [0.3, 0.4) is 0 Å². The van der Waals surface area contributed by atoms with Crippen molar-refractivity contribution in [3.63, 3.8) is 0 Å². The van der Waals surface area contributed by atoms with E-state index in [9.17, 15) is 13.2 Å². The Morgan fingerprint density at radius 2 is 1.54 bits per heavy atom. The van der Waals surface area contributed by atoms with E-state index in [4.69, 9.17) is 9.31 Å². The van der Waals surface area contributed by atoms with E-state index in [0.717, 1.165) is 24.0 Å². The van der Waals surface area contributed by atoms with Crippen molar-refractivity contribution in [2.45, 2.75) is 32.6 Å². The van der Waals surface area contributed by atoms with Gasteiger partial charge in [0.05, 0.1) is 0 Å². The topological polar surface area (TPSA) is 18.5 Å². The van der Waals surface area contributed by atoms with Gasteiger partial charge in [0.15, 0.2) is 17.5 Å². The van der Waals surface area contributed by atoms with Gasteiger partial charge in [-0.3, -0.25) is 0 Å². The first-order chi connectivity index (χ1) is 12.6. The fourth-order valence-corrected chi connectivity index (χ4v) is 3.14. The number of hydrogen-bond acceptors (Lipinski definition) is 2. The van der Waals surface area contributed by atoms with Crippen molar-refractivity contribution >= 4 is 12.6 Å². The van der Waals surface area contributed by atoms with Gasteiger partial charge in [0.1, 0.15) is 0 Å². The van der Waals surface area contributed by atoms with Crippen LogP contribution in [0.25, 0.3) is 11.1 Å². The van der Waals surface area contributed by atoms with Crippen LogP contribution in [-0.4, -0.2) is 20.3 Å². The van der Waals surface area contributed by atoms with E-state index in [-0.39, 0.29) is 5.56 Å². The van der Waals surface area contributed by atoms with E-state index >= 15 is 0 Å². The van der Waals surface area contributed by atoms with Crippen molar-refractivity contribution in [1.82, 2.24) is 0 Å². The Kier molecular flexibility index (Phi) is 6.38. The first-order valence-corrected chi connectivity index (χ1v) is 9.06. The van der Waals surface area contributed by atoms with Gasteiger partial charge in [-0.05, 0) is 35.1 Å². The third-order valence-corrected chi connectivity index (χ3v) is 4.68. The normalized spacial score (nSPS) is 15.5. The Bertz CT molecular complexity index is 705. The number of unbranched alkanes of at least 4 members (excludes halogenated alkanes) is 2. The Hall–Kier alpha value is -1.79. The largest absolute Gasteiger partial charge is 0.493 e. The molecule has 2 nitrogen and oxygen atoms in total. The highest BCUT2D eigenvalue weighted by Crippen LogP contribution is 2.23. The molecular formula is C20H22BF3O2. The van der Waals surface area contributed by atoms with Gasteiger partial charge in [0.2, 0.25) is 0 Å². The molecule has 138 valence electrons. The lowest BCUT2D eigenvalue weighted by Gasteiger charge is -2.27. The van der Waals surface area contributed by atoms with Crippen molar-refractivity contribution in [2.75, 3.05) is 13.2 Å². The molecule has 1 saturated heterocycles. The second-order valence-electron chi connectivity index (χ2n) is 6.74. The molecule has 0 aromatic heterocycles. The molecule has 2 aromatic carbocycles. The van der Waals surface area contributed by atoms with Crippen LogP contribution in [0.5, 0.6) is 0 Å². The third kappa shape index (κ3) is 4.49. The molecule has 6 heteroatoms. The van der Waals surface area contributed by atoms with Crippen molar-refractivity contribution in [1.29, 1.82) is 0 Å². The standard InChI is InChI=1S/C20H22BF3O2/c1-2-3-4-5-14-12-25-21(26-13-14)17-8-6-15(7-9-17)16-10-18(22)20(24)19(23)11-16/h6-11,14H,2-5,12-13H2,1H3. The molecule has 26 heavy (non-hydrogen) atoms. The molecule has 0 atom stereocenters. The molecule has 0 spiro atoms. The van der Waals surface area contributed by atoms with Gasteiger partial charge in [-0.15, -0.1) is 0 Å². The summed E-state index contributed by atoms with van der Waals surface area (Å²) < 4.78 is 51.5. The predicted molar refractivity (Wildman–Crippen MR) is 96.7 cm³/mol. The Morgan fingerprint density at radius 3 is 2.12 bits per heavy atom. The van der Waals surface area contributed by atoms with Crippen molar-refractivity contribution in [2.24, 2.45) is 5.92 Å². The van der Waals surface area contributed by atoms with Gasteiger partial charge in [-0.25, -0.2) is 13.2 Å². The van der Waals surface area contributed by atoms with Crippen molar-refractivity contribution in [3.05, 3.63) is 53.8 Å². The van der Waals surface area contributed by atoms with Crippen LogP contribution < -0.4 is 5.46 Å². The molecule has 1 aliphatic rings. The van der Waals surface area contributed by atoms with E-state index < -0.39 is 24.6 Å². The van der Waals surface area contributed by atoms with Gasteiger partial charge >= 0.3 is 7.12 Å². The highest BCUT2D eigenvalue weighted by atomic mass is 19.2. The molecule has 0 bridgehead atoms. The monoisotopic (exact) mass is 362 g/mol. The molecule has 0 radical (unpaired) electrons. The molecule has 1 heterocycles. The number of halogens is 3. The van der Waals surface area contributed by atoms with Gasteiger partial charge in [-0.1, -0.05) is 50.5 Å². The van der Waals surface area contributed by atoms with E-state index in [0.29, 0.717) is 24.7 Å². The lowest BCUT2D eigenvalue weighted by molar-refractivity contribution is 0.0811. The van der Waals surface area contributed by atoms with Crippen LogP contribution in [0, 0.1) is 23.4 Å². The molecule has 0 amide bonds. The minimum absolute atomic E-state index is 0.286. The average molecular weight is 362 g/mol. The molecule has 0 N–H and O–H groups in total. The minimum atomic E-state index is -1.46. The summed E-state index contributed by atoms with van der Waals surface area (Å²) in [6.07, 6.45) is 4.73. The molecule has 0 aliphatic carbocycles. The molecule has 0 saturated carbocycles. The molecular weight excluding hydrogens is 340 g/mol. The molecule has 1 fully saturated rings. The fourth-order valence-electron chi connectivity index (χ4n) is 3.14. The smallest absolute Gasteiger partial charge is 0.407 e. The Labute approximate surface area is 152 Å². The second-order valence-corrected chi connectivity index (χ2v) is 6.74. The molecule has 2 aromatic rings. The summed E-state index contributed by atoms with van der Waals surface area (Å²) in [7, 11) is -0.423. The number of rotatable bonds is 6. The maximum atomic E-state index is 13.4. The summed E-state index contributed by atoms with van der Waals surface area (Å²) in [5.74, 6) is -3.42. The number of hydrogen-bond donors (Lipinski definition) is 0. The first-order valence-electron chi connectivity index (χ1n) is 9.06. The number of benzene rings is 2. The van der Waals surface area contributed by atoms with Crippen LogP contribution in [-0.2, 0) is 9.31 Å². The fraction of sp³-hybridized carbons (Fsp3) is 0.400. The summed E-state index contributed by atoms with van der Waals surface area (Å²) in [6.45, 7) is 3.53. The van der Waals surface area contributed by atoms with Gasteiger partial charge in [0, 0.05) is 19.1 Å². The van der Waals surface area contributed by atoms with Crippen LogP contribution in [0.4, 0.5) is 13.2 Å². The van der Waals surface area contributed by atoms with Crippen LogP contribution in [0.1, 0.15) is 32.6 Å². The lowest BCUT2D eigenvalue weighted by Crippen LogP contribution is -2.44. The lowest BCUT2D eigenvalue weighted by atomic mass is 9.76. The Morgan fingerprint density at radius 1 is 0.923 bits per heavy atom. The van der Waals surface area contributed by atoms with E-state index in [1.165, 1.54) is 19.3 Å². The first kappa shape index (κ1) is 19.0. The summed E-state index contributed by atoms with van der Waals surface area (Å²) in [4.78, 5) is 0. The maximum absolute atomic E-state index is 13.4. The summed E-state index contributed by atoms with van der Waals surface area (Å²) in [5.41, 5.74) is 1.73. The van der Waals surface area contributed by atoms with E-state index in [1.54, 1.807) is 24.3 Å². The zero-order chi connectivity index (χ0) is 18.5. The Balaban J connectivity index is 1.62. The summed E-state index contributed by atoms with van der Waals surface area (Å²) in [6, 6.07) is 9.03. The van der Waals surface area contributed by atoms with Gasteiger partial charge in [0.25, 0.3) is 0 Å². The van der Waals surface area contributed by atoms with Crippen LogP contribution >= 0.6 is 0 Å². The van der Waals surface area contributed by atoms with E-state index in [2.05, 4.69) is 6.92 Å². The summed E-state index contributed by atoms with van der Waals surface area (Å²) in [5, 5.41) is 0. The average Bonchev–Trinajstić information content (AvgIpc) is 2.67. The zero-order valence-corrected chi connectivity index (χ0v) is 14.8. The SMILES string of the molecule is CCCCCC1COB(c2ccc(-c3cc(F)c(F)c(F)c3)cc2)OC1. The minimum Gasteiger partial charge on any atom is -0.407 e. The quantitative estimate of drug-likeness (QED) is 0.421. The maximum Gasteiger partial charge on any atom is 0.493 e. The summed E-state index contributed by atoms with van der Waals surface area (Å²) >= 11 is 0. The van der Waals surface area contributed by atoms with Crippen molar-refractivity contribution in [3.8, 4) is 11.1 Å². The van der Waals surface area contributed by atoms with Crippen LogP contribution in [0.15, 0.2) is 36.4 Å². The third-order valence-electron chi connectivity index (χ3n) is 4.68. The second kappa shape index (κ2) is 8.74. The van der Waals surface area contributed by atoms with Crippen LogP contribution in [0.2, 0.25) is 0 Å². The van der Waals surface area contributed by atoms with Gasteiger partial charge < -0.3 is 9.31 Å². The highest BCUT2D eigenvalue weighted by Gasteiger charge is 2.28. The van der Waals surface area contributed by atoms with E-state index in [1.807, 2.05) is 0 Å². The zero-order valence-electron chi connectivity index (χ0n) is 14.8. The highest BCUT2D eigenvalue weighted by molar-refractivity contribution is 6.61. The molecule has 1 aliphatic heterocycles. The van der Waals surface area contributed by atoms with Crippen molar-refractivity contribution < 1.29 is 22.5 Å². The van der Waals surface area contributed by atoms with Gasteiger partial charge in [-0.2, -0.15) is 0 Å².